The van der Waals surface area contributed by atoms with Gasteiger partial charge in [0.05, 0.1) is 60.5 Å². The molecule has 2 aromatic carbocycles. The van der Waals surface area contributed by atoms with E-state index in [1.807, 2.05) is 0 Å². The number of phenolic OH excluding ortho intramolecular Hbond substituents is 1. The molecule has 0 bridgehead atoms. The quantitative estimate of drug-likeness (QED) is 0.280. The van der Waals surface area contributed by atoms with Crippen molar-refractivity contribution in [1.29, 1.82) is 0 Å². The average Bonchev–Trinajstić information content (AvgIpc) is 3.60. The summed E-state index contributed by atoms with van der Waals surface area (Å²) in [4.78, 5) is 0. The van der Waals surface area contributed by atoms with Gasteiger partial charge in [0, 0.05) is 11.8 Å². The second kappa shape index (κ2) is 12.1. The second-order valence-electron chi connectivity index (χ2n) is 10.2. The normalized spacial score (nSPS) is 32.8. The van der Waals surface area contributed by atoms with Crippen LogP contribution in [0.2, 0.25) is 0 Å². The number of hydrogen-bond acceptors (Lipinski definition) is 13. The summed E-state index contributed by atoms with van der Waals surface area (Å²) in [6, 6.07) is 6.93. The topological polar surface area (TPSA) is 175 Å². The third-order valence-corrected chi connectivity index (χ3v) is 7.99. The van der Waals surface area contributed by atoms with Crippen molar-refractivity contribution in [3.8, 4) is 34.5 Å². The van der Waals surface area contributed by atoms with Gasteiger partial charge in [-0.3, -0.25) is 0 Å². The van der Waals surface area contributed by atoms with Gasteiger partial charge < -0.3 is 63.4 Å². The number of rotatable bonds is 9. The summed E-state index contributed by atoms with van der Waals surface area (Å²) in [5, 5.41) is 50.5. The summed E-state index contributed by atoms with van der Waals surface area (Å²) in [7, 11) is 5.82. The summed E-state index contributed by atoms with van der Waals surface area (Å²) in [5.74, 6) is 1.08. The van der Waals surface area contributed by atoms with Crippen molar-refractivity contribution >= 4 is 0 Å². The molecule has 3 heterocycles. The largest absolute Gasteiger partial charge is 0.502 e. The van der Waals surface area contributed by atoms with Crippen molar-refractivity contribution in [2.45, 2.75) is 42.9 Å². The van der Waals surface area contributed by atoms with Crippen LogP contribution in [0.25, 0.3) is 0 Å². The first kappa shape index (κ1) is 29.5. The molecule has 3 aliphatic heterocycles. The summed E-state index contributed by atoms with van der Waals surface area (Å²) in [6.45, 7) is 0.241. The molecule has 3 aliphatic rings. The van der Waals surface area contributed by atoms with E-state index in [0.717, 1.165) is 11.1 Å². The van der Waals surface area contributed by atoms with Crippen LogP contribution in [0, 0.1) is 11.8 Å². The molecule has 0 aliphatic carbocycles. The third kappa shape index (κ3) is 5.23. The van der Waals surface area contributed by atoms with E-state index in [0.29, 0.717) is 13.2 Å². The number of aromatic hydroxyl groups is 1. The number of methoxy groups -OCH3 is 4. The number of fused-ring (bicyclic) bond motifs is 1. The average molecular weight is 581 g/mol. The highest BCUT2D eigenvalue weighted by Crippen LogP contribution is 2.53. The van der Waals surface area contributed by atoms with Crippen molar-refractivity contribution in [2.75, 3.05) is 48.3 Å². The van der Waals surface area contributed by atoms with Crippen molar-refractivity contribution < 1.29 is 63.4 Å². The molecule has 4 unspecified atom stereocenters. The van der Waals surface area contributed by atoms with Gasteiger partial charge in [0.15, 0.2) is 23.0 Å². The molecular formula is C28H36O13. The van der Waals surface area contributed by atoms with Crippen LogP contribution in [0.1, 0.15) is 23.3 Å². The predicted octanol–water partition coefficient (Wildman–Crippen LogP) is 0.680. The lowest BCUT2D eigenvalue weighted by Crippen LogP contribution is -2.60. The highest BCUT2D eigenvalue weighted by Gasteiger charge is 2.49. The number of ether oxygens (including phenoxy) is 8. The Balaban J connectivity index is 1.40. The summed E-state index contributed by atoms with van der Waals surface area (Å²) >= 11 is 0. The van der Waals surface area contributed by atoms with Gasteiger partial charge in [0.2, 0.25) is 17.8 Å². The monoisotopic (exact) mass is 580 g/mol. The molecule has 3 fully saturated rings. The first-order chi connectivity index (χ1) is 19.8. The Bertz CT molecular complexity index is 1170. The van der Waals surface area contributed by atoms with Crippen molar-refractivity contribution in [2.24, 2.45) is 11.8 Å². The number of aliphatic hydroxyl groups is 4. The minimum absolute atomic E-state index is 0.000914. The highest BCUT2D eigenvalue weighted by molar-refractivity contribution is 5.55. The fraction of sp³-hybridized carbons (Fsp3) is 0.571. The Morgan fingerprint density at radius 3 is 1.61 bits per heavy atom. The lowest BCUT2D eigenvalue weighted by Gasteiger charge is -2.39. The van der Waals surface area contributed by atoms with Gasteiger partial charge in [-0.1, -0.05) is 0 Å². The van der Waals surface area contributed by atoms with E-state index in [2.05, 4.69) is 0 Å². The number of hydrogen-bond donors (Lipinski definition) is 5. The van der Waals surface area contributed by atoms with Crippen LogP contribution in [0.4, 0.5) is 0 Å². The molecule has 0 saturated carbocycles. The van der Waals surface area contributed by atoms with Crippen LogP contribution in [0.15, 0.2) is 24.3 Å². The Hall–Kier alpha value is -3.04. The Labute approximate surface area is 236 Å². The molecule has 13 nitrogen and oxygen atoms in total. The van der Waals surface area contributed by atoms with Crippen molar-refractivity contribution in [1.82, 2.24) is 0 Å². The van der Waals surface area contributed by atoms with Crippen LogP contribution >= 0.6 is 0 Å². The molecule has 0 spiro atoms. The fourth-order valence-electron chi connectivity index (χ4n) is 5.77. The van der Waals surface area contributed by atoms with E-state index in [4.69, 9.17) is 37.9 Å². The van der Waals surface area contributed by atoms with Crippen LogP contribution in [0.5, 0.6) is 34.5 Å². The number of aliphatic hydroxyl groups excluding tert-OH is 4. The smallest absolute Gasteiger partial charge is 0.229 e. The van der Waals surface area contributed by atoms with Gasteiger partial charge in [0.25, 0.3) is 0 Å². The zero-order valence-electron chi connectivity index (χ0n) is 23.1. The van der Waals surface area contributed by atoms with E-state index in [9.17, 15) is 25.5 Å². The predicted molar refractivity (Wildman–Crippen MR) is 140 cm³/mol. The molecule has 0 amide bonds. The van der Waals surface area contributed by atoms with E-state index in [-0.39, 0.29) is 58.5 Å². The minimum atomic E-state index is -1.61. The molecule has 13 heteroatoms. The molecule has 5 rings (SSSR count). The second-order valence-corrected chi connectivity index (χ2v) is 10.2. The fourth-order valence-corrected chi connectivity index (χ4v) is 5.77. The molecular weight excluding hydrogens is 544 g/mol. The first-order valence-corrected chi connectivity index (χ1v) is 13.2. The first-order valence-electron chi connectivity index (χ1n) is 13.2. The van der Waals surface area contributed by atoms with Crippen molar-refractivity contribution in [3.63, 3.8) is 0 Å². The van der Waals surface area contributed by atoms with E-state index < -0.39 is 37.3 Å². The van der Waals surface area contributed by atoms with Gasteiger partial charge in [-0.05, 0) is 35.4 Å². The minimum Gasteiger partial charge on any atom is -0.502 e. The van der Waals surface area contributed by atoms with Gasteiger partial charge in [0.1, 0.15) is 24.4 Å². The maximum Gasteiger partial charge on any atom is 0.229 e. The number of benzene rings is 2. The maximum atomic E-state index is 10.5. The molecule has 226 valence electrons. The number of phenols is 1. The SMILES string of the molecule is COc1cc(C2OCC3C(c4cc(OC)c(O[C@@H]5O[C@H](CO)[C@@H](O)[C@H](O)[C@H]5O)c(OC)c4)OCC23)cc(OC)c1O. The lowest BCUT2D eigenvalue weighted by atomic mass is 9.84. The molecule has 3 saturated heterocycles. The maximum absolute atomic E-state index is 10.5. The van der Waals surface area contributed by atoms with Gasteiger partial charge in [-0.25, -0.2) is 0 Å². The molecule has 0 radical (unpaired) electrons. The van der Waals surface area contributed by atoms with Crippen molar-refractivity contribution in [3.05, 3.63) is 35.4 Å². The van der Waals surface area contributed by atoms with Gasteiger partial charge in [-0.2, -0.15) is 0 Å². The zero-order chi connectivity index (χ0) is 29.4. The van der Waals surface area contributed by atoms with Crippen LogP contribution in [-0.2, 0) is 14.2 Å². The van der Waals surface area contributed by atoms with E-state index >= 15 is 0 Å². The van der Waals surface area contributed by atoms with E-state index in [1.54, 1.807) is 24.3 Å². The molecule has 41 heavy (non-hydrogen) atoms. The molecule has 2 aromatic rings. The highest BCUT2D eigenvalue weighted by atomic mass is 16.7. The standard InChI is InChI=1S/C28H36O13/c1-34-16-5-12(6-17(35-2)21(16)30)25-14-10-39-26(15(14)11-38-25)13-7-18(36-3)27(19(8-13)37-4)41-28-24(33)23(32)22(31)20(9-29)40-28/h5-8,14-15,20,22-26,28-33H,9-11H2,1-4H3/t14?,15?,20-,22-,23+,24-,25?,26?,28+/m1/s1. The van der Waals surface area contributed by atoms with Crippen LogP contribution in [-0.4, -0.2) is 104 Å². The third-order valence-electron chi connectivity index (χ3n) is 7.99. The van der Waals surface area contributed by atoms with Crippen LogP contribution in [0.3, 0.4) is 0 Å². The van der Waals surface area contributed by atoms with Crippen LogP contribution < -0.4 is 23.7 Å². The Kier molecular flexibility index (Phi) is 8.66. The summed E-state index contributed by atoms with van der Waals surface area (Å²) in [5.41, 5.74) is 1.55. The molecule has 5 N–H and O–H groups in total. The lowest BCUT2D eigenvalue weighted by molar-refractivity contribution is -0.277. The molecule has 0 aromatic heterocycles. The Morgan fingerprint density at radius 1 is 0.707 bits per heavy atom. The Morgan fingerprint density at radius 2 is 1.17 bits per heavy atom. The van der Waals surface area contributed by atoms with E-state index in [1.165, 1.54) is 28.4 Å². The zero-order valence-corrected chi connectivity index (χ0v) is 23.1. The van der Waals surface area contributed by atoms with Gasteiger partial charge in [-0.15, -0.1) is 0 Å². The summed E-state index contributed by atoms with van der Waals surface area (Å²) in [6.07, 6.45) is -7.96. The summed E-state index contributed by atoms with van der Waals surface area (Å²) < 4.78 is 45.7. The molecule has 9 atom stereocenters. The van der Waals surface area contributed by atoms with Gasteiger partial charge >= 0.3 is 0 Å².